The van der Waals surface area contributed by atoms with Gasteiger partial charge in [-0.25, -0.2) is 5.43 Å². The molecule has 104 valence electrons. The molecular weight excluding hydrogens is 340 g/mol. The normalized spacial score (nSPS) is 10.7. The van der Waals surface area contributed by atoms with Crippen LogP contribution in [0.4, 0.5) is 0 Å². The Morgan fingerprint density at radius 1 is 1.35 bits per heavy atom. The number of benzene rings is 1. The van der Waals surface area contributed by atoms with E-state index in [1.165, 1.54) is 0 Å². The molecule has 0 saturated carbocycles. The lowest BCUT2D eigenvalue weighted by Crippen LogP contribution is -2.17. The molecule has 0 aliphatic heterocycles. The Morgan fingerprint density at radius 2 is 2.10 bits per heavy atom. The number of nitrogens with zero attached hydrogens (tertiary/aromatic N) is 1. The SMILES string of the molecule is CCOc1ccc(C(=O)N/N=C\c2ccc(Br)s2)cc1. The van der Waals surface area contributed by atoms with Gasteiger partial charge < -0.3 is 4.74 Å². The number of hydrazone groups is 1. The van der Waals surface area contributed by atoms with E-state index in [0.717, 1.165) is 14.4 Å². The first-order chi connectivity index (χ1) is 9.69. The molecule has 0 atom stereocenters. The fourth-order valence-electron chi connectivity index (χ4n) is 1.49. The second-order valence-electron chi connectivity index (χ2n) is 3.80. The maximum Gasteiger partial charge on any atom is 0.271 e. The van der Waals surface area contributed by atoms with Crippen molar-refractivity contribution in [1.82, 2.24) is 5.43 Å². The minimum atomic E-state index is -0.250. The molecule has 0 unspecified atom stereocenters. The van der Waals surface area contributed by atoms with Gasteiger partial charge in [-0.05, 0) is 59.3 Å². The number of hydrogen-bond acceptors (Lipinski definition) is 4. The van der Waals surface area contributed by atoms with Gasteiger partial charge in [0.05, 0.1) is 16.6 Å². The van der Waals surface area contributed by atoms with Crippen molar-refractivity contribution in [3.05, 3.63) is 50.6 Å². The molecule has 1 aromatic carbocycles. The molecule has 20 heavy (non-hydrogen) atoms. The van der Waals surface area contributed by atoms with E-state index in [2.05, 4.69) is 26.5 Å². The maximum atomic E-state index is 11.8. The van der Waals surface area contributed by atoms with E-state index in [9.17, 15) is 4.79 Å². The van der Waals surface area contributed by atoms with Gasteiger partial charge in [-0.15, -0.1) is 11.3 Å². The van der Waals surface area contributed by atoms with Crippen LogP contribution in [0.1, 0.15) is 22.2 Å². The van der Waals surface area contributed by atoms with Gasteiger partial charge in [0.1, 0.15) is 5.75 Å². The lowest BCUT2D eigenvalue weighted by molar-refractivity contribution is 0.0955. The van der Waals surface area contributed by atoms with Gasteiger partial charge in [-0.3, -0.25) is 4.79 Å². The van der Waals surface area contributed by atoms with Crippen molar-refractivity contribution in [2.45, 2.75) is 6.92 Å². The summed E-state index contributed by atoms with van der Waals surface area (Å²) in [5, 5.41) is 3.92. The highest BCUT2D eigenvalue weighted by atomic mass is 79.9. The number of hydrogen-bond donors (Lipinski definition) is 1. The Bertz CT molecular complexity index is 608. The number of carbonyl (C=O) groups is 1. The summed E-state index contributed by atoms with van der Waals surface area (Å²) in [4.78, 5) is 12.8. The standard InChI is InChI=1S/C14H13BrN2O2S/c1-2-19-11-5-3-10(4-6-11)14(18)17-16-9-12-7-8-13(15)20-12/h3-9H,2H2,1H3,(H,17,18)/b16-9-. The van der Waals surface area contributed by atoms with E-state index in [-0.39, 0.29) is 5.91 Å². The van der Waals surface area contributed by atoms with Crippen LogP contribution in [0.3, 0.4) is 0 Å². The van der Waals surface area contributed by atoms with Gasteiger partial charge in [0.25, 0.3) is 5.91 Å². The summed E-state index contributed by atoms with van der Waals surface area (Å²) in [6, 6.07) is 10.8. The van der Waals surface area contributed by atoms with Crippen LogP contribution in [0.15, 0.2) is 45.3 Å². The molecule has 1 aromatic heterocycles. The highest BCUT2D eigenvalue weighted by Gasteiger charge is 2.04. The highest BCUT2D eigenvalue weighted by Crippen LogP contribution is 2.20. The lowest BCUT2D eigenvalue weighted by atomic mass is 10.2. The van der Waals surface area contributed by atoms with Crippen LogP contribution in [-0.2, 0) is 0 Å². The van der Waals surface area contributed by atoms with E-state index in [1.54, 1.807) is 41.8 Å². The van der Waals surface area contributed by atoms with Gasteiger partial charge in [0, 0.05) is 10.4 Å². The monoisotopic (exact) mass is 352 g/mol. The number of thiophene rings is 1. The molecular formula is C14H13BrN2O2S. The van der Waals surface area contributed by atoms with Crippen molar-refractivity contribution < 1.29 is 9.53 Å². The minimum absolute atomic E-state index is 0.250. The van der Waals surface area contributed by atoms with Crippen LogP contribution in [0, 0.1) is 0 Å². The van der Waals surface area contributed by atoms with Crippen LogP contribution < -0.4 is 10.2 Å². The molecule has 0 aliphatic rings. The zero-order valence-electron chi connectivity index (χ0n) is 10.8. The van der Waals surface area contributed by atoms with Gasteiger partial charge in [0.2, 0.25) is 0 Å². The second-order valence-corrected chi connectivity index (χ2v) is 6.29. The molecule has 0 radical (unpaired) electrons. The Hall–Kier alpha value is -1.66. The Morgan fingerprint density at radius 3 is 2.70 bits per heavy atom. The number of ether oxygens (including phenoxy) is 1. The largest absolute Gasteiger partial charge is 0.494 e. The Kier molecular flexibility index (Phi) is 5.31. The predicted octanol–water partition coefficient (Wildman–Crippen LogP) is 3.67. The third-order valence-corrected chi connectivity index (χ3v) is 3.94. The fraction of sp³-hybridized carbons (Fsp3) is 0.143. The smallest absolute Gasteiger partial charge is 0.271 e. The summed E-state index contributed by atoms with van der Waals surface area (Å²) in [6.07, 6.45) is 1.61. The average molecular weight is 353 g/mol. The molecule has 0 fully saturated rings. The predicted molar refractivity (Wildman–Crippen MR) is 84.7 cm³/mol. The summed E-state index contributed by atoms with van der Waals surface area (Å²) in [6.45, 7) is 2.52. The summed E-state index contributed by atoms with van der Waals surface area (Å²) in [5.74, 6) is 0.496. The van der Waals surface area contributed by atoms with Crippen molar-refractivity contribution >= 4 is 39.4 Å². The number of rotatable bonds is 5. The number of nitrogens with one attached hydrogen (secondary N) is 1. The Balaban J connectivity index is 1.92. The average Bonchev–Trinajstić information content (AvgIpc) is 2.85. The zero-order chi connectivity index (χ0) is 14.4. The van der Waals surface area contributed by atoms with Gasteiger partial charge in [-0.2, -0.15) is 5.10 Å². The van der Waals surface area contributed by atoms with Gasteiger partial charge >= 0.3 is 0 Å². The van der Waals surface area contributed by atoms with Crippen molar-refractivity contribution in [3.63, 3.8) is 0 Å². The number of carbonyl (C=O) groups excluding carboxylic acids is 1. The van der Waals surface area contributed by atoms with Crippen LogP contribution in [-0.4, -0.2) is 18.7 Å². The first-order valence-corrected chi connectivity index (χ1v) is 7.61. The van der Waals surface area contributed by atoms with Crippen LogP contribution in [0.2, 0.25) is 0 Å². The number of amides is 1. The molecule has 1 amide bonds. The summed E-state index contributed by atoms with van der Waals surface area (Å²) < 4.78 is 6.34. The fourth-order valence-corrected chi connectivity index (χ4v) is 2.78. The molecule has 0 bridgehead atoms. The molecule has 0 saturated heterocycles. The van der Waals surface area contributed by atoms with Crippen LogP contribution in [0.5, 0.6) is 5.75 Å². The summed E-state index contributed by atoms with van der Waals surface area (Å²) in [5.41, 5.74) is 3.03. The van der Waals surface area contributed by atoms with Crippen LogP contribution in [0.25, 0.3) is 0 Å². The molecule has 6 heteroatoms. The van der Waals surface area contributed by atoms with Crippen molar-refractivity contribution in [3.8, 4) is 5.75 Å². The number of halogens is 1. The molecule has 4 nitrogen and oxygen atoms in total. The molecule has 1 heterocycles. The van der Waals surface area contributed by atoms with Gasteiger partial charge in [0.15, 0.2) is 0 Å². The lowest BCUT2D eigenvalue weighted by Gasteiger charge is -2.03. The molecule has 0 aliphatic carbocycles. The Labute approximate surface area is 129 Å². The minimum Gasteiger partial charge on any atom is -0.494 e. The summed E-state index contributed by atoms with van der Waals surface area (Å²) >= 11 is 4.91. The van der Waals surface area contributed by atoms with Crippen LogP contribution >= 0.6 is 27.3 Å². The third-order valence-electron chi connectivity index (χ3n) is 2.38. The third kappa shape index (κ3) is 4.18. The van der Waals surface area contributed by atoms with Gasteiger partial charge in [-0.1, -0.05) is 0 Å². The van der Waals surface area contributed by atoms with Crippen molar-refractivity contribution in [2.24, 2.45) is 5.10 Å². The topological polar surface area (TPSA) is 50.7 Å². The first-order valence-electron chi connectivity index (χ1n) is 6.00. The molecule has 0 spiro atoms. The summed E-state index contributed by atoms with van der Waals surface area (Å²) in [7, 11) is 0. The van der Waals surface area contributed by atoms with E-state index >= 15 is 0 Å². The molecule has 1 N–H and O–H groups in total. The zero-order valence-corrected chi connectivity index (χ0v) is 13.2. The van der Waals surface area contributed by atoms with E-state index in [1.807, 2.05) is 19.1 Å². The first kappa shape index (κ1) is 14.7. The second kappa shape index (κ2) is 7.21. The quantitative estimate of drug-likeness (QED) is 0.659. The van der Waals surface area contributed by atoms with Crippen molar-refractivity contribution in [1.29, 1.82) is 0 Å². The van der Waals surface area contributed by atoms with Crippen molar-refractivity contribution in [2.75, 3.05) is 6.61 Å². The molecule has 2 aromatic rings. The molecule has 2 rings (SSSR count). The maximum absolute atomic E-state index is 11.8. The van der Waals surface area contributed by atoms with E-state index in [4.69, 9.17) is 4.74 Å². The highest BCUT2D eigenvalue weighted by molar-refractivity contribution is 9.11. The van der Waals surface area contributed by atoms with E-state index < -0.39 is 0 Å². The van der Waals surface area contributed by atoms with E-state index in [0.29, 0.717) is 12.2 Å².